The quantitative estimate of drug-likeness (QED) is 0.0139. The predicted octanol–water partition coefficient (Wildman–Crippen LogP) is 27.9. The second-order valence-electron chi connectivity index (χ2n) is 36.7. The van der Waals surface area contributed by atoms with Crippen molar-refractivity contribution in [3.63, 3.8) is 0 Å². The summed E-state index contributed by atoms with van der Waals surface area (Å²) in [6.07, 6.45) is 27.8. The summed E-state index contributed by atoms with van der Waals surface area (Å²) in [6, 6.07) is 51.7. The van der Waals surface area contributed by atoms with E-state index in [1.165, 1.54) is 128 Å². The van der Waals surface area contributed by atoms with Gasteiger partial charge in [-0.15, -0.1) is 0 Å². The lowest BCUT2D eigenvalue weighted by atomic mass is 9.95. The van der Waals surface area contributed by atoms with Gasteiger partial charge >= 0.3 is 19.9 Å². The first kappa shape index (κ1) is 115. The van der Waals surface area contributed by atoms with Crippen LogP contribution in [0, 0.1) is 0 Å². The van der Waals surface area contributed by atoms with E-state index in [1.807, 2.05) is 121 Å². The van der Waals surface area contributed by atoms with Crippen molar-refractivity contribution in [2.24, 2.45) is 0 Å². The summed E-state index contributed by atoms with van der Waals surface area (Å²) in [6.45, 7) is 6.35. The molecule has 136 heavy (non-hydrogen) atoms. The minimum atomic E-state index is -5.02. The molecule has 760 valence electrons. The lowest BCUT2D eigenvalue weighted by molar-refractivity contribution is -0.306. The Hall–Kier alpha value is -6.28. The summed E-state index contributed by atoms with van der Waals surface area (Å²) < 4.78 is 124. The van der Waals surface area contributed by atoms with Crippen LogP contribution in [0.2, 0.25) is 0 Å². The lowest BCUT2D eigenvalue weighted by Crippen LogP contribution is -2.68. The number of phosphoric ester groups is 1. The van der Waals surface area contributed by atoms with Crippen LogP contribution in [0.4, 0.5) is 9.18 Å². The third kappa shape index (κ3) is 48.0. The number of hydrogen-bond donors (Lipinski definition) is 3. The van der Waals surface area contributed by atoms with Crippen LogP contribution >= 0.6 is 42.6 Å². The van der Waals surface area contributed by atoms with Gasteiger partial charge in [0.25, 0.3) is 0 Å². The number of carbonyl (C=O) groups is 3. The minimum Gasteiger partial charge on any atom is -0.451 e. The van der Waals surface area contributed by atoms with Crippen LogP contribution in [0.1, 0.15) is 332 Å². The highest BCUT2D eigenvalue weighted by molar-refractivity contribution is 7.49. The number of rotatable bonds is 77. The van der Waals surface area contributed by atoms with E-state index in [1.54, 1.807) is 60.7 Å². The molecule has 0 aromatic heterocycles. The number of aliphatic hydroxyl groups excluding tert-OH is 1. The molecule has 3 N–H and O–H groups in total. The predicted molar refractivity (Wildman–Crippen MR) is 540 cm³/mol. The summed E-state index contributed by atoms with van der Waals surface area (Å²) >= 11 is 18.8. The van der Waals surface area contributed by atoms with Crippen LogP contribution in [-0.4, -0.2) is 153 Å². The Labute approximate surface area is 828 Å². The molecule has 6 aromatic rings. The minimum absolute atomic E-state index is 0.0204. The molecule has 13 atom stereocenters. The number of benzene rings is 6. The van der Waals surface area contributed by atoms with Crippen molar-refractivity contribution in [3.8, 4) is 11.5 Å². The van der Waals surface area contributed by atoms with Gasteiger partial charge in [0.15, 0.2) is 18.7 Å². The van der Waals surface area contributed by atoms with E-state index < -0.39 is 130 Å². The molecule has 2 aliphatic heterocycles. The number of unbranched alkanes of at least 4 members (excludes halogenated alkanes) is 33. The molecular weight excluding hydrogens is 1810 g/mol. The number of alkyl halides is 4. The summed E-state index contributed by atoms with van der Waals surface area (Å²) in [5.74, 6) is -1.14. The van der Waals surface area contributed by atoms with Crippen molar-refractivity contribution < 1.29 is 94.1 Å². The van der Waals surface area contributed by atoms with Gasteiger partial charge in [-0.3, -0.25) is 9.32 Å². The number of para-hydroxylation sites is 2. The standard InChI is InChI=1S/C110H163Cl3FN2O19P/c1-5-9-13-17-21-25-29-33-37-59-77-122-91(68-52-34-30-26-22-18-14-10-6-2)75-79-124-106-101(116-109(120)129-86-110(111,112)113)108(130-96(81-114)104(106)135-136(121,133-93-70-55-42-56-71-93)134-94-72-57-43-58-73-94)127-84-97-102(119)105(123-78-76-92(125-82-87-60-44-38-45-61-87)69-53-35-31-27-23-19-15-11-7-3)100(107(131-97)128-85-99(118)132-103(89-64-48-40-49-65-89)90-66-50-41-51-67-90)115-98(117)80-95(126-83-88-62-46-39-47-63-88)74-54-36-32-28-24-20-16-12-8-4/h38-51,55-58,60-67,70-73,91-92,95-97,100-108,119H,5-37,52-54,59,68-69,74-86H2,1-4H3,(H,115,117)(H,116,120)/t91-,92-,95-,96-,97-,100-,101-,102-,104-,105-,106-,107+,108-/m1/s1. The molecule has 8 rings (SSSR count). The highest BCUT2D eigenvalue weighted by Gasteiger charge is 2.55. The van der Waals surface area contributed by atoms with Gasteiger partial charge < -0.3 is 76.9 Å². The van der Waals surface area contributed by atoms with Crippen molar-refractivity contribution >= 4 is 60.6 Å². The number of amides is 2. The molecule has 6 aromatic carbocycles. The number of halogens is 4. The van der Waals surface area contributed by atoms with Crippen LogP contribution in [0.3, 0.4) is 0 Å². The zero-order chi connectivity index (χ0) is 96.6. The van der Waals surface area contributed by atoms with E-state index >= 15 is 13.8 Å². The van der Waals surface area contributed by atoms with Gasteiger partial charge in [-0.25, -0.2) is 18.5 Å². The lowest BCUT2D eigenvalue weighted by Gasteiger charge is -2.47. The van der Waals surface area contributed by atoms with Crippen LogP contribution in [0.5, 0.6) is 11.5 Å². The molecule has 0 bridgehead atoms. The maximum atomic E-state index is 16.9. The molecule has 0 radical (unpaired) electrons. The summed E-state index contributed by atoms with van der Waals surface area (Å²) in [5, 5.41) is 19.5. The number of carbonyl (C=O) groups excluding carboxylic acids is 3. The SMILES string of the molecule is CCCCCCCCCCCCO[C@H](CCCCCCCCCCC)CCO[C@@H]1[C@@H](NC(=O)OCC(Cl)(Cl)Cl)[C@H](OC[C@H]2O[C@H](OCC(=O)OC(c3ccccc3)c3ccccc3)[C@H](NC(=O)C[C@@H](CCCCCCCCCCC)OCc3ccccc3)[C@@H](OCC[C@@H](CCCCCCCCCCC)OCc3ccccc3)[C@@H]2O)O[C@H](CF)[C@H]1OP(=O)(Oc1ccccc1)Oc1ccccc1. The molecule has 2 fully saturated rings. The second-order valence-corrected chi connectivity index (χ2v) is 40.6. The molecule has 0 unspecified atom stereocenters. The summed E-state index contributed by atoms with van der Waals surface area (Å²) in [7, 11) is -5.02. The van der Waals surface area contributed by atoms with Gasteiger partial charge in [0.1, 0.15) is 80.1 Å². The molecule has 2 saturated heterocycles. The maximum absolute atomic E-state index is 16.9. The fourth-order valence-electron chi connectivity index (χ4n) is 17.5. The molecule has 2 heterocycles. The van der Waals surface area contributed by atoms with Gasteiger partial charge in [-0.05, 0) is 85.0 Å². The maximum Gasteiger partial charge on any atom is 0.588 e. The second kappa shape index (κ2) is 70.4. The number of nitrogens with one attached hydrogen (secondary N) is 2. The van der Waals surface area contributed by atoms with Gasteiger partial charge in [0.05, 0.1) is 44.6 Å². The molecule has 0 saturated carbocycles. The van der Waals surface area contributed by atoms with Crippen molar-refractivity contribution in [1.29, 1.82) is 0 Å². The number of hydrogen-bond acceptors (Lipinski definition) is 19. The molecule has 0 aliphatic carbocycles. The Bertz CT molecular complexity index is 3950. The Morgan fingerprint density at radius 3 is 1.24 bits per heavy atom. The van der Waals surface area contributed by atoms with E-state index in [0.717, 1.165) is 120 Å². The van der Waals surface area contributed by atoms with Gasteiger partial charge in [-0.2, -0.15) is 0 Å². The van der Waals surface area contributed by atoms with E-state index in [2.05, 4.69) is 38.3 Å². The third-order valence-corrected chi connectivity index (χ3v) is 26.9. The fourth-order valence-corrected chi connectivity index (χ4v) is 19.1. The Morgan fingerprint density at radius 2 is 0.794 bits per heavy atom. The molecule has 26 heteroatoms. The number of aliphatic hydroxyl groups is 1. The highest BCUT2D eigenvalue weighted by atomic mass is 35.6. The van der Waals surface area contributed by atoms with Crippen molar-refractivity contribution in [1.82, 2.24) is 10.6 Å². The Balaban J connectivity index is 1.18. The number of phosphoric acid groups is 1. The summed E-state index contributed by atoms with van der Waals surface area (Å²) in [4.78, 5) is 45.1. The zero-order valence-electron chi connectivity index (χ0n) is 81.9. The molecule has 21 nitrogen and oxygen atoms in total. The van der Waals surface area contributed by atoms with E-state index in [-0.39, 0.29) is 49.9 Å². The third-order valence-electron chi connectivity index (χ3n) is 25.2. The molecule has 2 aliphatic rings. The summed E-state index contributed by atoms with van der Waals surface area (Å²) in [5.41, 5.74) is 3.31. The topological polar surface area (TPSA) is 242 Å². The number of ether oxygens (including phenoxy) is 11. The fraction of sp³-hybridized carbons (Fsp3) is 0.645. The van der Waals surface area contributed by atoms with Crippen LogP contribution in [0.25, 0.3) is 0 Å². The Kier molecular flexibility index (Phi) is 59.5. The first-order valence-electron chi connectivity index (χ1n) is 51.8. The average molecular weight is 1970 g/mol. The highest BCUT2D eigenvalue weighted by Crippen LogP contribution is 2.53. The van der Waals surface area contributed by atoms with Crippen LogP contribution < -0.4 is 19.7 Å². The Morgan fingerprint density at radius 1 is 0.419 bits per heavy atom. The van der Waals surface area contributed by atoms with Gasteiger partial charge in [0, 0.05) is 19.8 Å². The van der Waals surface area contributed by atoms with Crippen molar-refractivity contribution in [2.45, 2.75) is 406 Å². The largest absolute Gasteiger partial charge is 0.588 e. The smallest absolute Gasteiger partial charge is 0.451 e. The van der Waals surface area contributed by atoms with E-state index in [0.29, 0.717) is 56.4 Å². The molecule has 2 amide bonds. The average Bonchev–Trinajstić information content (AvgIpc) is 0.774. The first-order chi connectivity index (χ1) is 66.5. The van der Waals surface area contributed by atoms with Gasteiger partial charge in [0.2, 0.25) is 9.70 Å². The first-order valence-corrected chi connectivity index (χ1v) is 54.4. The van der Waals surface area contributed by atoms with E-state index in [9.17, 15) is 14.7 Å². The molecular formula is C110H163Cl3FN2O19P. The van der Waals surface area contributed by atoms with Crippen LogP contribution in [-0.2, 0) is 84.0 Å². The van der Waals surface area contributed by atoms with Gasteiger partial charge in [-0.1, -0.05) is 451 Å². The normalized spacial score (nSPS) is 19.2. The van der Waals surface area contributed by atoms with E-state index in [4.69, 9.17) is 100 Å². The molecule has 0 spiro atoms. The van der Waals surface area contributed by atoms with Crippen molar-refractivity contribution in [3.05, 3.63) is 204 Å². The zero-order valence-corrected chi connectivity index (χ0v) is 85.1. The van der Waals surface area contributed by atoms with Crippen LogP contribution in [0.15, 0.2) is 182 Å². The monoisotopic (exact) mass is 1970 g/mol. The number of alkyl carbamates (subject to hydrolysis) is 1. The van der Waals surface area contributed by atoms with Crippen molar-refractivity contribution in [2.75, 3.05) is 46.3 Å². The number of esters is 1.